The van der Waals surface area contributed by atoms with Crippen LogP contribution in [-0.2, 0) is 9.53 Å². The van der Waals surface area contributed by atoms with Gasteiger partial charge in [-0.2, -0.15) is 0 Å². The predicted octanol–water partition coefficient (Wildman–Crippen LogP) is 2.01. The molecule has 2 nitrogen and oxygen atoms in total. The lowest BCUT2D eigenvalue weighted by Crippen LogP contribution is -2.35. The van der Waals surface area contributed by atoms with Crippen molar-refractivity contribution in [3.05, 3.63) is 12.2 Å². The van der Waals surface area contributed by atoms with Crippen LogP contribution in [-0.4, -0.2) is 13.1 Å². The van der Waals surface area contributed by atoms with Crippen LogP contribution < -0.4 is 0 Å². The Bertz CT molecular complexity index is 265. The van der Waals surface area contributed by atoms with Crippen molar-refractivity contribution >= 4 is 5.97 Å². The number of fused-ring (bicyclic) bond motifs is 2. The summed E-state index contributed by atoms with van der Waals surface area (Å²) in [5.41, 5.74) is 0.0898. The monoisotopic (exact) mass is 180 g/mol. The molecule has 3 unspecified atom stereocenters. The molecule has 2 aliphatic carbocycles. The highest BCUT2D eigenvalue weighted by Crippen LogP contribution is 2.55. The highest BCUT2D eigenvalue weighted by atomic mass is 16.5. The van der Waals surface area contributed by atoms with Gasteiger partial charge in [0.25, 0.3) is 0 Å². The molecule has 0 aromatic carbocycles. The SMILES string of the molecule is COC(=O)C1C2C=CC(C2)C1(C)C. The molecule has 0 saturated heterocycles. The molecule has 2 rings (SSSR count). The van der Waals surface area contributed by atoms with Gasteiger partial charge in [0.15, 0.2) is 0 Å². The van der Waals surface area contributed by atoms with Crippen LogP contribution in [0, 0.1) is 23.2 Å². The minimum Gasteiger partial charge on any atom is -0.469 e. The molecule has 0 N–H and O–H groups in total. The molecule has 0 radical (unpaired) electrons. The quantitative estimate of drug-likeness (QED) is 0.456. The smallest absolute Gasteiger partial charge is 0.309 e. The van der Waals surface area contributed by atoms with Crippen molar-refractivity contribution in [2.45, 2.75) is 20.3 Å². The van der Waals surface area contributed by atoms with Gasteiger partial charge in [-0.25, -0.2) is 0 Å². The number of hydrogen-bond acceptors (Lipinski definition) is 2. The summed E-state index contributed by atoms with van der Waals surface area (Å²) < 4.78 is 4.85. The van der Waals surface area contributed by atoms with E-state index in [0.29, 0.717) is 11.8 Å². The fraction of sp³-hybridized carbons (Fsp3) is 0.727. The standard InChI is InChI=1S/C11H16O2/c1-11(2)8-5-4-7(6-8)9(11)10(12)13-3/h4-5,7-9H,6H2,1-3H3. The second-order valence-corrected chi connectivity index (χ2v) is 4.71. The predicted molar refractivity (Wildman–Crippen MR) is 50.0 cm³/mol. The van der Waals surface area contributed by atoms with Crippen molar-refractivity contribution in [2.75, 3.05) is 7.11 Å². The van der Waals surface area contributed by atoms with Gasteiger partial charge in [-0.1, -0.05) is 26.0 Å². The average molecular weight is 180 g/mol. The Labute approximate surface area is 79.0 Å². The third-order valence-corrected chi connectivity index (χ3v) is 3.76. The maximum absolute atomic E-state index is 11.6. The fourth-order valence-corrected chi connectivity index (χ4v) is 2.91. The first-order valence-corrected chi connectivity index (χ1v) is 4.83. The van der Waals surface area contributed by atoms with Gasteiger partial charge in [0, 0.05) is 0 Å². The van der Waals surface area contributed by atoms with Crippen LogP contribution in [0.4, 0.5) is 0 Å². The molecule has 2 heteroatoms. The van der Waals surface area contributed by atoms with Crippen molar-refractivity contribution < 1.29 is 9.53 Å². The Morgan fingerprint density at radius 3 is 2.62 bits per heavy atom. The van der Waals surface area contributed by atoms with Gasteiger partial charge < -0.3 is 4.74 Å². The fourth-order valence-electron chi connectivity index (χ4n) is 2.91. The summed E-state index contributed by atoms with van der Waals surface area (Å²) in [5, 5.41) is 0. The largest absolute Gasteiger partial charge is 0.469 e. The first-order valence-electron chi connectivity index (χ1n) is 4.83. The zero-order valence-corrected chi connectivity index (χ0v) is 8.41. The first kappa shape index (κ1) is 8.79. The van der Waals surface area contributed by atoms with Gasteiger partial charge >= 0.3 is 5.97 Å². The van der Waals surface area contributed by atoms with Gasteiger partial charge in [-0.15, -0.1) is 0 Å². The van der Waals surface area contributed by atoms with Crippen molar-refractivity contribution in [2.24, 2.45) is 23.2 Å². The average Bonchev–Trinajstić information content (AvgIpc) is 2.60. The summed E-state index contributed by atoms with van der Waals surface area (Å²) >= 11 is 0. The number of esters is 1. The van der Waals surface area contributed by atoms with Crippen molar-refractivity contribution in [3.8, 4) is 0 Å². The third kappa shape index (κ3) is 1.04. The summed E-state index contributed by atoms with van der Waals surface area (Å²) in [7, 11) is 1.48. The van der Waals surface area contributed by atoms with E-state index in [2.05, 4.69) is 26.0 Å². The van der Waals surface area contributed by atoms with E-state index in [9.17, 15) is 4.79 Å². The molecule has 0 amide bonds. The van der Waals surface area contributed by atoms with E-state index < -0.39 is 0 Å². The maximum Gasteiger partial charge on any atom is 0.309 e. The molecule has 0 aromatic rings. The molecule has 1 saturated carbocycles. The molecular formula is C11H16O2. The molecule has 3 atom stereocenters. The van der Waals surface area contributed by atoms with Gasteiger partial charge in [0.1, 0.15) is 0 Å². The van der Waals surface area contributed by atoms with Gasteiger partial charge in [0.2, 0.25) is 0 Å². The number of methoxy groups -OCH3 is 1. The molecule has 2 aliphatic rings. The van der Waals surface area contributed by atoms with Crippen LogP contribution in [0.1, 0.15) is 20.3 Å². The number of allylic oxidation sites excluding steroid dienone is 2. The normalized spacial score (nSPS) is 39.5. The Kier molecular flexibility index (Phi) is 1.76. The van der Waals surface area contributed by atoms with Crippen LogP contribution in [0.25, 0.3) is 0 Å². The summed E-state index contributed by atoms with van der Waals surface area (Å²) in [6, 6.07) is 0. The lowest BCUT2D eigenvalue weighted by Gasteiger charge is -2.33. The molecule has 0 spiro atoms. The van der Waals surface area contributed by atoms with Crippen LogP contribution >= 0.6 is 0 Å². The zero-order valence-electron chi connectivity index (χ0n) is 8.41. The Morgan fingerprint density at radius 1 is 1.46 bits per heavy atom. The van der Waals surface area contributed by atoms with Gasteiger partial charge in [-0.05, 0) is 23.7 Å². The Hall–Kier alpha value is -0.790. The van der Waals surface area contributed by atoms with E-state index in [4.69, 9.17) is 4.74 Å². The minimum atomic E-state index is -0.0400. The van der Waals surface area contributed by atoms with E-state index in [-0.39, 0.29) is 17.3 Å². The maximum atomic E-state index is 11.6. The number of hydrogen-bond donors (Lipinski definition) is 0. The van der Waals surface area contributed by atoms with E-state index in [1.54, 1.807) is 0 Å². The summed E-state index contributed by atoms with van der Waals surface area (Å²) in [6.45, 7) is 4.34. The molecule has 0 heterocycles. The molecule has 0 aromatic heterocycles. The van der Waals surface area contributed by atoms with Crippen molar-refractivity contribution in [1.29, 1.82) is 0 Å². The topological polar surface area (TPSA) is 26.3 Å². The van der Waals surface area contributed by atoms with Crippen LogP contribution in [0.2, 0.25) is 0 Å². The third-order valence-electron chi connectivity index (χ3n) is 3.76. The lowest BCUT2D eigenvalue weighted by atomic mass is 9.71. The first-order chi connectivity index (χ1) is 6.07. The minimum absolute atomic E-state index is 0.0400. The Morgan fingerprint density at radius 2 is 2.15 bits per heavy atom. The highest BCUT2D eigenvalue weighted by molar-refractivity contribution is 5.75. The summed E-state index contributed by atoms with van der Waals surface area (Å²) in [5.74, 6) is 1.03. The molecular weight excluding hydrogens is 164 g/mol. The highest BCUT2D eigenvalue weighted by Gasteiger charge is 2.53. The van der Waals surface area contributed by atoms with Crippen LogP contribution in [0.5, 0.6) is 0 Å². The Balaban J connectivity index is 2.29. The number of rotatable bonds is 1. The second kappa shape index (κ2) is 2.60. The van der Waals surface area contributed by atoms with Crippen LogP contribution in [0.3, 0.4) is 0 Å². The van der Waals surface area contributed by atoms with Crippen LogP contribution in [0.15, 0.2) is 12.2 Å². The number of ether oxygens (including phenoxy) is 1. The summed E-state index contributed by atoms with van der Waals surface area (Å²) in [6.07, 6.45) is 5.56. The number of carbonyl (C=O) groups excluding carboxylic acids is 1. The van der Waals surface area contributed by atoms with E-state index >= 15 is 0 Å². The van der Waals surface area contributed by atoms with Crippen molar-refractivity contribution in [1.82, 2.24) is 0 Å². The van der Waals surface area contributed by atoms with E-state index in [1.807, 2.05) is 0 Å². The summed E-state index contributed by atoms with van der Waals surface area (Å²) in [4.78, 5) is 11.6. The molecule has 13 heavy (non-hydrogen) atoms. The molecule has 1 fully saturated rings. The molecule has 72 valence electrons. The van der Waals surface area contributed by atoms with Gasteiger partial charge in [0.05, 0.1) is 13.0 Å². The zero-order chi connectivity index (χ0) is 9.64. The number of carbonyl (C=O) groups is 1. The van der Waals surface area contributed by atoms with E-state index in [1.165, 1.54) is 7.11 Å². The molecule has 2 bridgehead atoms. The van der Waals surface area contributed by atoms with Crippen molar-refractivity contribution in [3.63, 3.8) is 0 Å². The van der Waals surface area contributed by atoms with Gasteiger partial charge in [-0.3, -0.25) is 4.79 Å². The van der Waals surface area contributed by atoms with E-state index in [0.717, 1.165) is 6.42 Å². The second-order valence-electron chi connectivity index (χ2n) is 4.71. The lowest BCUT2D eigenvalue weighted by molar-refractivity contribution is -0.150. The molecule has 0 aliphatic heterocycles.